The first-order chi connectivity index (χ1) is 9.87. The number of nitrogens with two attached hydrogens (primary N) is 1. The number of sulfonamides is 1. The highest BCUT2D eigenvalue weighted by atomic mass is 79.9. The third kappa shape index (κ3) is 3.40. The summed E-state index contributed by atoms with van der Waals surface area (Å²) in [7, 11) is -3.86. The van der Waals surface area contributed by atoms with Crippen molar-refractivity contribution in [2.45, 2.75) is 50.0 Å². The van der Waals surface area contributed by atoms with Crippen LogP contribution in [0.1, 0.15) is 39.0 Å². The lowest BCUT2D eigenvalue weighted by Crippen LogP contribution is -2.40. The van der Waals surface area contributed by atoms with Crippen LogP contribution in [-0.4, -0.2) is 25.3 Å². The Balaban J connectivity index is 2.47. The van der Waals surface area contributed by atoms with Crippen molar-refractivity contribution in [1.82, 2.24) is 4.31 Å². The van der Waals surface area contributed by atoms with E-state index in [0.29, 0.717) is 11.0 Å². The van der Waals surface area contributed by atoms with Gasteiger partial charge in [0.05, 0.1) is 0 Å². The summed E-state index contributed by atoms with van der Waals surface area (Å²) in [6.07, 6.45) is 4.38. The van der Waals surface area contributed by atoms with Crippen LogP contribution < -0.4 is 5.73 Å². The molecule has 2 N–H and O–H groups in total. The quantitative estimate of drug-likeness (QED) is 0.818. The molecule has 0 amide bonds. The van der Waals surface area contributed by atoms with Gasteiger partial charge in [-0.05, 0) is 47.3 Å². The van der Waals surface area contributed by atoms with E-state index in [4.69, 9.17) is 5.73 Å². The van der Waals surface area contributed by atoms with Gasteiger partial charge in [-0.1, -0.05) is 19.8 Å². The standard InChI is InChI=1S/C14H20BrFN2O2S/c1-2-10-6-4-3-5-7-18(10)21(19,20)14-9-13(17)11(15)8-12(14)16/h8-10H,2-7,17H2,1H3. The van der Waals surface area contributed by atoms with Gasteiger partial charge in [0, 0.05) is 22.7 Å². The number of nitrogen functional groups attached to an aromatic ring is 1. The van der Waals surface area contributed by atoms with Gasteiger partial charge < -0.3 is 5.73 Å². The summed E-state index contributed by atoms with van der Waals surface area (Å²) in [4.78, 5) is -0.330. The largest absolute Gasteiger partial charge is 0.398 e. The van der Waals surface area contributed by atoms with Crippen molar-refractivity contribution in [3.63, 3.8) is 0 Å². The maximum absolute atomic E-state index is 14.1. The minimum atomic E-state index is -3.86. The topological polar surface area (TPSA) is 63.4 Å². The van der Waals surface area contributed by atoms with Crippen molar-refractivity contribution in [3.05, 3.63) is 22.4 Å². The Labute approximate surface area is 133 Å². The Kier molecular flexibility index (Phi) is 5.27. The maximum Gasteiger partial charge on any atom is 0.246 e. The van der Waals surface area contributed by atoms with Crippen LogP contribution in [0.15, 0.2) is 21.5 Å². The Morgan fingerprint density at radius 1 is 1.38 bits per heavy atom. The molecular formula is C14H20BrFN2O2S. The number of hydrogen-bond acceptors (Lipinski definition) is 3. The molecule has 4 nitrogen and oxygen atoms in total. The Morgan fingerprint density at radius 2 is 2.10 bits per heavy atom. The summed E-state index contributed by atoms with van der Waals surface area (Å²) >= 11 is 3.11. The molecule has 21 heavy (non-hydrogen) atoms. The van der Waals surface area contributed by atoms with E-state index in [2.05, 4.69) is 15.9 Å². The average Bonchev–Trinajstić information content (AvgIpc) is 2.68. The van der Waals surface area contributed by atoms with Crippen LogP contribution in [0.3, 0.4) is 0 Å². The Hall–Kier alpha value is -0.660. The van der Waals surface area contributed by atoms with Crippen LogP contribution in [0, 0.1) is 5.82 Å². The van der Waals surface area contributed by atoms with Gasteiger partial charge in [0.15, 0.2) is 0 Å². The third-order valence-corrected chi connectivity index (χ3v) is 6.59. The lowest BCUT2D eigenvalue weighted by Gasteiger charge is -2.28. The Morgan fingerprint density at radius 3 is 2.76 bits per heavy atom. The molecule has 0 radical (unpaired) electrons. The van der Waals surface area contributed by atoms with Gasteiger partial charge >= 0.3 is 0 Å². The molecule has 1 fully saturated rings. The van der Waals surface area contributed by atoms with E-state index in [1.807, 2.05) is 6.92 Å². The molecule has 1 atom stereocenters. The van der Waals surface area contributed by atoms with E-state index in [1.165, 1.54) is 10.4 Å². The van der Waals surface area contributed by atoms with Gasteiger partial charge in [0.1, 0.15) is 10.7 Å². The lowest BCUT2D eigenvalue weighted by atomic mass is 10.1. The van der Waals surface area contributed by atoms with E-state index in [-0.39, 0.29) is 16.6 Å². The molecule has 0 bridgehead atoms. The van der Waals surface area contributed by atoms with E-state index in [1.54, 1.807) is 0 Å². The second-order valence-corrected chi connectivity index (χ2v) is 8.04. The number of halogens is 2. The van der Waals surface area contributed by atoms with E-state index in [9.17, 15) is 12.8 Å². The van der Waals surface area contributed by atoms with Crippen LogP contribution in [0.25, 0.3) is 0 Å². The molecule has 0 aromatic heterocycles. The van der Waals surface area contributed by atoms with Crippen molar-refractivity contribution in [3.8, 4) is 0 Å². The zero-order valence-corrected chi connectivity index (χ0v) is 14.4. The van der Waals surface area contributed by atoms with Gasteiger partial charge in [-0.15, -0.1) is 0 Å². The molecule has 1 unspecified atom stereocenters. The minimum absolute atomic E-state index is 0.0678. The molecular weight excluding hydrogens is 359 g/mol. The average molecular weight is 379 g/mol. The van der Waals surface area contributed by atoms with Gasteiger partial charge in [-0.3, -0.25) is 0 Å². The summed E-state index contributed by atoms with van der Waals surface area (Å²) in [5, 5.41) is 0. The summed E-state index contributed by atoms with van der Waals surface area (Å²) in [5.41, 5.74) is 5.94. The normalized spacial score (nSPS) is 21.2. The molecule has 118 valence electrons. The smallest absolute Gasteiger partial charge is 0.246 e. The monoisotopic (exact) mass is 378 g/mol. The first-order valence-electron chi connectivity index (χ1n) is 7.14. The second kappa shape index (κ2) is 6.62. The van der Waals surface area contributed by atoms with Crippen molar-refractivity contribution in [2.24, 2.45) is 0 Å². The fourth-order valence-corrected chi connectivity index (χ4v) is 4.91. The highest BCUT2D eigenvalue weighted by molar-refractivity contribution is 9.10. The Bertz CT molecular complexity index is 622. The summed E-state index contributed by atoms with van der Waals surface area (Å²) < 4.78 is 41.6. The van der Waals surface area contributed by atoms with Gasteiger partial charge in [-0.2, -0.15) is 4.31 Å². The number of nitrogens with zero attached hydrogens (tertiary/aromatic N) is 1. The number of benzene rings is 1. The molecule has 1 aliphatic heterocycles. The summed E-state index contributed by atoms with van der Waals surface area (Å²) in [6, 6.07) is 2.25. The number of rotatable bonds is 3. The van der Waals surface area contributed by atoms with Crippen LogP contribution >= 0.6 is 15.9 Å². The molecule has 1 aliphatic rings. The van der Waals surface area contributed by atoms with Gasteiger partial charge in [0.25, 0.3) is 0 Å². The summed E-state index contributed by atoms with van der Waals surface area (Å²) in [6.45, 7) is 2.40. The first kappa shape index (κ1) is 16.7. The zero-order chi connectivity index (χ0) is 15.6. The highest BCUT2D eigenvalue weighted by Crippen LogP contribution is 2.31. The molecule has 0 saturated carbocycles. The first-order valence-corrected chi connectivity index (χ1v) is 9.37. The van der Waals surface area contributed by atoms with Crippen molar-refractivity contribution in [1.29, 1.82) is 0 Å². The minimum Gasteiger partial charge on any atom is -0.398 e. The van der Waals surface area contributed by atoms with Crippen LogP contribution in [0.2, 0.25) is 0 Å². The molecule has 2 rings (SSSR count). The van der Waals surface area contributed by atoms with Crippen molar-refractivity contribution < 1.29 is 12.8 Å². The molecule has 0 aliphatic carbocycles. The van der Waals surface area contributed by atoms with Crippen LogP contribution in [0.4, 0.5) is 10.1 Å². The molecule has 7 heteroatoms. The van der Waals surface area contributed by atoms with Crippen molar-refractivity contribution >= 4 is 31.6 Å². The SMILES string of the molecule is CCC1CCCCCN1S(=O)(=O)c1cc(N)c(Br)cc1F. The van der Waals surface area contributed by atoms with Crippen LogP contribution in [-0.2, 0) is 10.0 Å². The predicted molar refractivity (Wildman–Crippen MR) is 85.0 cm³/mol. The van der Waals surface area contributed by atoms with Crippen molar-refractivity contribution in [2.75, 3.05) is 12.3 Å². The molecule has 1 aromatic rings. The second-order valence-electron chi connectivity index (χ2n) is 5.33. The van der Waals surface area contributed by atoms with Gasteiger partial charge in [0.2, 0.25) is 10.0 Å². The lowest BCUT2D eigenvalue weighted by molar-refractivity contribution is 0.313. The predicted octanol–water partition coefficient (Wildman–Crippen LogP) is 3.51. The van der Waals surface area contributed by atoms with Gasteiger partial charge in [-0.25, -0.2) is 12.8 Å². The number of anilines is 1. The van der Waals surface area contributed by atoms with E-state index in [0.717, 1.165) is 38.2 Å². The fraction of sp³-hybridized carbons (Fsp3) is 0.571. The third-order valence-electron chi connectivity index (χ3n) is 3.93. The number of hydrogen-bond donors (Lipinski definition) is 1. The van der Waals surface area contributed by atoms with E-state index < -0.39 is 15.8 Å². The molecule has 1 aromatic carbocycles. The molecule has 1 heterocycles. The molecule has 1 saturated heterocycles. The summed E-state index contributed by atoms with van der Waals surface area (Å²) in [5.74, 6) is -0.768. The maximum atomic E-state index is 14.1. The molecule has 0 spiro atoms. The highest BCUT2D eigenvalue weighted by Gasteiger charge is 2.33. The van der Waals surface area contributed by atoms with Crippen LogP contribution in [0.5, 0.6) is 0 Å². The zero-order valence-electron chi connectivity index (χ0n) is 12.0. The van der Waals surface area contributed by atoms with E-state index >= 15 is 0 Å². The fourth-order valence-electron chi connectivity index (χ4n) is 2.74.